The number of imidazole rings is 1. The summed E-state index contributed by atoms with van der Waals surface area (Å²) in [6, 6.07) is 6.33. The molecule has 1 aromatic heterocycles. The van der Waals surface area contributed by atoms with E-state index in [1.807, 2.05) is 18.2 Å². The molecule has 1 aromatic carbocycles. The summed E-state index contributed by atoms with van der Waals surface area (Å²) in [5.74, 6) is 1.02. The van der Waals surface area contributed by atoms with E-state index in [1.165, 1.54) is 0 Å². The number of ether oxygens (including phenoxy) is 1. The van der Waals surface area contributed by atoms with Crippen LogP contribution < -0.4 is 5.73 Å². The van der Waals surface area contributed by atoms with Gasteiger partial charge >= 0.3 is 0 Å². The number of fused-ring (bicyclic) bond motifs is 1. The molecule has 102 valence electrons. The second-order valence-electron chi connectivity index (χ2n) is 5.21. The Hall–Kier alpha value is -1.59. The minimum atomic E-state index is 0.556. The Balaban J connectivity index is 1.64. The van der Waals surface area contributed by atoms with Gasteiger partial charge in [0.25, 0.3) is 0 Å². The Morgan fingerprint density at radius 2 is 2.42 bits per heavy atom. The number of hydrogen-bond acceptors (Lipinski definition) is 4. The summed E-state index contributed by atoms with van der Waals surface area (Å²) in [4.78, 5) is 10.3. The number of H-pyrrole nitrogens is 1. The number of nitrogens with two attached hydrogens (primary N) is 1. The predicted octanol–water partition coefficient (Wildman–Crippen LogP) is 1.41. The molecule has 3 N–H and O–H groups in total. The normalized spacial score (nSPS) is 19.6. The number of aromatic amines is 1. The molecule has 1 unspecified atom stereocenters. The molecule has 0 saturated carbocycles. The minimum Gasteiger partial charge on any atom is -0.399 e. The Bertz CT molecular complexity index is 560. The van der Waals surface area contributed by atoms with E-state index in [0.29, 0.717) is 6.04 Å². The van der Waals surface area contributed by atoms with Crippen LogP contribution in [0.2, 0.25) is 0 Å². The van der Waals surface area contributed by atoms with Crippen molar-refractivity contribution in [3.8, 4) is 0 Å². The van der Waals surface area contributed by atoms with E-state index >= 15 is 0 Å². The quantitative estimate of drug-likeness (QED) is 0.816. The van der Waals surface area contributed by atoms with Crippen molar-refractivity contribution in [2.75, 3.05) is 32.5 Å². The SMILES string of the molecule is CN(CCc1nc2ccc(N)cc2[nH]1)C1CCOC1. The molecule has 0 amide bonds. The van der Waals surface area contributed by atoms with Gasteiger partial charge in [0, 0.05) is 31.3 Å². The average molecular weight is 260 g/mol. The van der Waals surface area contributed by atoms with E-state index < -0.39 is 0 Å². The van der Waals surface area contributed by atoms with Crippen molar-refractivity contribution in [3.63, 3.8) is 0 Å². The average Bonchev–Trinajstić information content (AvgIpc) is 3.04. The second-order valence-corrected chi connectivity index (χ2v) is 5.21. The Morgan fingerprint density at radius 3 is 3.21 bits per heavy atom. The fourth-order valence-electron chi connectivity index (χ4n) is 2.53. The Morgan fingerprint density at radius 1 is 1.53 bits per heavy atom. The molecular formula is C14H20N4O. The third kappa shape index (κ3) is 2.72. The van der Waals surface area contributed by atoms with E-state index in [0.717, 1.165) is 55.1 Å². The van der Waals surface area contributed by atoms with Gasteiger partial charge in [-0.05, 0) is 31.7 Å². The summed E-state index contributed by atoms with van der Waals surface area (Å²) in [7, 11) is 2.15. The molecule has 19 heavy (non-hydrogen) atoms. The number of aromatic nitrogens is 2. The van der Waals surface area contributed by atoms with E-state index in [1.54, 1.807) is 0 Å². The zero-order valence-corrected chi connectivity index (χ0v) is 11.2. The first-order valence-corrected chi connectivity index (χ1v) is 6.74. The highest BCUT2D eigenvalue weighted by molar-refractivity contribution is 5.78. The van der Waals surface area contributed by atoms with Gasteiger partial charge in [0.1, 0.15) is 5.82 Å². The molecule has 1 aliphatic rings. The smallest absolute Gasteiger partial charge is 0.108 e. The molecule has 0 bridgehead atoms. The number of benzene rings is 1. The van der Waals surface area contributed by atoms with Crippen LogP contribution in [0.25, 0.3) is 11.0 Å². The van der Waals surface area contributed by atoms with Crippen molar-refractivity contribution in [1.82, 2.24) is 14.9 Å². The van der Waals surface area contributed by atoms with Crippen molar-refractivity contribution < 1.29 is 4.74 Å². The van der Waals surface area contributed by atoms with Gasteiger partial charge in [0.05, 0.1) is 17.6 Å². The van der Waals surface area contributed by atoms with Gasteiger partial charge in [-0.3, -0.25) is 0 Å². The third-order valence-corrected chi connectivity index (χ3v) is 3.79. The third-order valence-electron chi connectivity index (χ3n) is 3.79. The van der Waals surface area contributed by atoms with Crippen molar-refractivity contribution in [2.45, 2.75) is 18.9 Å². The van der Waals surface area contributed by atoms with E-state index in [-0.39, 0.29) is 0 Å². The van der Waals surface area contributed by atoms with Gasteiger partial charge in [-0.2, -0.15) is 0 Å². The fraction of sp³-hybridized carbons (Fsp3) is 0.500. The topological polar surface area (TPSA) is 67.2 Å². The van der Waals surface area contributed by atoms with Crippen LogP contribution in [0.15, 0.2) is 18.2 Å². The number of rotatable bonds is 4. The maximum atomic E-state index is 5.77. The molecule has 2 heterocycles. The molecule has 5 heteroatoms. The molecule has 0 aliphatic carbocycles. The number of nitrogens with zero attached hydrogens (tertiary/aromatic N) is 2. The lowest BCUT2D eigenvalue weighted by molar-refractivity contribution is 0.159. The highest BCUT2D eigenvalue weighted by atomic mass is 16.5. The Kier molecular flexibility index (Phi) is 3.40. The number of anilines is 1. The monoisotopic (exact) mass is 260 g/mol. The van der Waals surface area contributed by atoms with Gasteiger partial charge in [-0.25, -0.2) is 4.98 Å². The van der Waals surface area contributed by atoms with Gasteiger partial charge in [0.2, 0.25) is 0 Å². The maximum Gasteiger partial charge on any atom is 0.108 e. The number of nitrogens with one attached hydrogen (secondary N) is 1. The maximum absolute atomic E-state index is 5.77. The first-order chi connectivity index (χ1) is 9.22. The molecule has 1 fully saturated rings. The lowest BCUT2D eigenvalue weighted by Gasteiger charge is -2.21. The molecular weight excluding hydrogens is 240 g/mol. The molecule has 3 rings (SSSR count). The predicted molar refractivity (Wildman–Crippen MR) is 76.1 cm³/mol. The van der Waals surface area contributed by atoms with E-state index in [2.05, 4.69) is 21.9 Å². The van der Waals surface area contributed by atoms with Gasteiger partial charge in [-0.15, -0.1) is 0 Å². The summed E-state index contributed by atoms with van der Waals surface area (Å²) in [6.07, 6.45) is 2.05. The number of hydrogen-bond donors (Lipinski definition) is 2. The van der Waals surface area contributed by atoms with Crippen LogP contribution in [-0.2, 0) is 11.2 Å². The van der Waals surface area contributed by atoms with Crippen LogP contribution in [0.3, 0.4) is 0 Å². The summed E-state index contributed by atoms with van der Waals surface area (Å²) in [5.41, 5.74) is 8.53. The highest BCUT2D eigenvalue weighted by Crippen LogP contribution is 2.16. The zero-order valence-electron chi connectivity index (χ0n) is 11.2. The molecule has 2 aromatic rings. The van der Waals surface area contributed by atoms with Crippen LogP contribution in [0.1, 0.15) is 12.2 Å². The Labute approximate surface area is 112 Å². The molecule has 5 nitrogen and oxygen atoms in total. The van der Waals surface area contributed by atoms with Crippen molar-refractivity contribution in [1.29, 1.82) is 0 Å². The lowest BCUT2D eigenvalue weighted by Crippen LogP contribution is -2.33. The highest BCUT2D eigenvalue weighted by Gasteiger charge is 2.20. The standard InChI is InChI=1S/C14H20N4O/c1-18(11-5-7-19-9-11)6-4-14-16-12-3-2-10(15)8-13(12)17-14/h2-3,8,11H,4-7,9,15H2,1H3,(H,16,17). The molecule has 1 saturated heterocycles. The van der Waals surface area contributed by atoms with Crippen LogP contribution in [-0.4, -0.2) is 47.7 Å². The molecule has 0 radical (unpaired) electrons. The minimum absolute atomic E-state index is 0.556. The van der Waals surface area contributed by atoms with Gasteiger partial charge in [0.15, 0.2) is 0 Å². The van der Waals surface area contributed by atoms with Gasteiger partial charge < -0.3 is 20.4 Å². The van der Waals surface area contributed by atoms with Crippen LogP contribution in [0.4, 0.5) is 5.69 Å². The van der Waals surface area contributed by atoms with Crippen LogP contribution in [0.5, 0.6) is 0 Å². The van der Waals surface area contributed by atoms with Crippen molar-refractivity contribution in [3.05, 3.63) is 24.0 Å². The number of likely N-dealkylation sites (N-methyl/N-ethyl adjacent to an activating group) is 1. The summed E-state index contributed by atoms with van der Waals surface area (Å²) < 4.78 is 5.41. The summed E-state index contributed by atoms with van der Waals surface area (Å²) >= 11 is 0. The fourth-order valence-corrected chi connectivity index (χ4v) is 2.53. The van der Waals surface area contributed by atoms with Crippen molar-refractivity contribution >= 4 is 16.7 Å². The largest absolute Gasteiger partial charge is 0.399 e. The van der Waals surface area contributed by atoms with Crippen LogP contribution >= 0.6 is 0 Å². The molecule has 1 atom stereocenters. The molecule has 0 spiro atoms. The second kappa shape index (κ2) is 5.19. The first-order valence-electron chi connectivity index (χ1n) is 6.74. The zero-order chi connectivity index (χ0) is 13.2. The van der Waals surface area contributed by atoms with E-state index in [9.17, 15) is 0 Å². The lowest BCUT2D eigenvalue weighted by atomic mass is 10.2. The summed E-state index contributed by atoms with van der Waals surface area (Å²) in [5, 5.41) is 0. The van der Waals surface area contributed by atoms with Gasteiger partial charge in [-0.1, -0.05) is 0 Å². The van der Waals surface area contributed by atoms with E-state index in [4.69, 9.17) is 10.5 Å². The summed E-state index contributed by atoms with van der Waals surface area (Å²) in [6.45, 7) is 2.73. The van der Waals surface area contributed by atoms with Crippen LogP contribution in [0, 0.1) is 0 Å². The first kappa shape index (κ1) is 12.4. The number of nitrogen functional groups attached to an aromatic ring is 1. The molecule has 1 aliphatic heterocycles. The van der Waals surface area contributed by atoms with Crippen molar-refractivity contribution in [2.24, 2.45) is 0 Å².